The molecule has 4 rings (SSSR count). The minimum absolute atomic E-state index is 0.204. The third kappa shape index (κ3) is 4.32. The number of ether oxygens (including phenoxy) is 3. The number of hydrogen-bond donors (Lipinski definition) is 1. The van der Waals surface area contributed by atoms with Crippen LogP contribution in [0.2, 0.25) is 0 Å². The summed E-state index contributed by atoms with van der Waals surface area (Å²) in [5, 5.41) is 2.87. The molecule has 1 fully saturated rings. The van der Waals surface area contributed by atoms with E-state index in [0.717, 1.165) is 5.56 Å². The second-order valence-corrected chi connectivity index (χ2v) is 7.49. The lowest BCUT2D eigenvalue weighted by atomic mass is 10.2. The summed E-state index contributed by atoms with van der Waals surface area (Å²) in [4.78, 5) is 26.9. The minimum Gasteiger partial charge on any atom is -0.497 e. The van der Waals surface area contributed by atoms with E-state index in [0.29, 0.717) is 34.6 Å². The molecule has 0 aromatic heterocycles. The fourth-order valence-corrected chi connectivity index (χ4v) is 4.22. The zero-order valence-corrected chi connectivity index (χ0v) is 16.6. The quantitative estimate of drug-likeness (QED) is 0.761. The number of nitrogens with zero attached hydrogens (tertiary/aromatic N) is 1. The number of rotatable bonds is 5. The van der Waals surface area contributed by atoms with Crippen molar-refractivity contribution in [3.05, 3.63) is 54.1 Å². The van der Waals surface area contributed by atoms with Gasteiger partial charge in [0, 0.05) is 17.5 Å². The Balaban J connectivity index is 1.40. The molecule has 2 amide bonds. The maximum Gasteiger partial charge on any atom is 0.248 e. The van der Waals surface area contributed by atoms with Crippen LogP contribution in [0.1, 0.15) is 5.56 Å². The molecule has 2 aromatic carbocycles. The third-order valence-electron chi connectivity index (χ3n) is 4.64. The number of thioether (sulfide) groups is 1. The highest BCUT2D eigenvalue weighted by Gasteiger charge is 2.33. The lowest BCUT2D eigenvalue weighted by Gasteiger charge is -2.21. The number of fused-ring (bicyclic) bond motifs is 1. The minimum atomic E-state index is -0.518. The van der Waals surface area contributed by atoms with Crippen LogP contribution in [0.5, 0.6) is 17.2 Å². The molecule has 0 bridgehead atoms. The molecule has 2 aliphatic heterocycles. The summed E-state index contributed by atoms with van der Waals surface area (Å²) in [5.74, 6) is 2.70. The Labute approximate surface area is 172 Å². The molecular weight excluding hydrogens is 392 g/mol. The van der Waals surface area contributed by atoms with Gasteiger partial charge in [0.25, 0.3) is 0 Å². The Kier molecular flexibility index (Phi) is 5.62. The number of benzene rings is 2. The summed E-state index contributed by atoms with van der Waals surface area (Å²) in [6.07, 6.45) is 3.20. The van der Waals surface area contributed by atoms with E-state index in [1.54, 1.807) is 54.1 Å². The molecule has 0 aliphatic carbocycles. The lowest BCUT2D eigenvalue weighted by Crippen LogP contribution is -2.43. The molecule has 1 unspecified atom stereocenters. The van der Waals surface area contributed by atoms with Crippen LogP contribution >= 0.6 is 11.8 Å². The Morgan fingerprint density at radius 1 is 1.17 bits per heavy atom. The van der Waals surface area contributed by atoms with Gasteiger partial charge in [-0.1, -0.05) is 6.07 Å². The van der Waals surface area contributed by atoms with E-state index in [1.165, 1.54) is 6.08 Å². The molecule has 1 atom stereocenters. The maximum absolute atomic E-state index is 12.7. The zero-order chi connectivity index (χ0) is 20.2. The Morgan fingerprint density at radius 3 is 2.76 bits per heavy atom. The summed E-state index contributed by atoms with van der Waals surface area (Å²) < 4.78 is 15.8. The van der Waals surface area contributed by atoms with Crippen molar-refractivity contribution in [2.24, 2.45) is 0 Å². The van der Waals surface area contributed by atoms with Crippen molar-refractivity contribution in [1.29, 1.82) is 0 Å². The summed E-state index contributed by atoms with van der Waals surface area (Å²) in [6.45, 7) is 0.206. The highest BCUT2D eigenvalue weighted by Crippen LogP contribution is 2.33. The van der Waals surface area contributed by atoms with Gasteiger partial charge in [-0.25, -0.2) is 0 Å². The van der Waals surface area contributed by atoms with E-state index in [4.69, 9.17) is 14.2 Å². The van der Waals surface area contributed by atoms with Gasteiger partial charge in [0.15, 0.2) is 11.5 Å². The third-order valence-corrected chi connectivity index (χ3v) is 5.65. The number of nitrogens with one attached hydrogen (secondary N) is 1. The van der Waals surface area contributed by atoms with Crippen molar-refractivity contribution in [3.63, 3.8) is 0 Å². The molecule has 0 saturated carbocycles. The van der Waals surface area contributed by atoms with Gasteiger partial charge in [-0.05, 0) is 48.0 Å². The first-order valence-electron chi connectivity index (χ1n) is 9.05. The van der Waals surface area contributed by atoms with Gasteiger partial charge >= 0.3 is 0 Å². The normalized spacial score (nSPS) is 17.6. The number of amides is 2. The number of carbonyl (C=O) groups is 2. The number of hydrogen-bond acceptors (Lipinski definition) is 6. The van der Waals surface area contributed by atoms with Crippen LogP contribution < -0.4 is 19.5 Å². The summed E-state index contributed by atoms with van der Waals surface area (Å²) in [6, 6.07) is 12.0. The predicted octanol–water partition coefficient (Wildman–Crippen LogP) is 2.98. The van der Waals surface area contributed by atoms with Gasteiger partial charge in [0.05, 0.1) is 13.0 Å². The number of methoxy groups -OCH3 is 1. The first kappa shape index (κ1) is 19.2. The van der Waals surface area contributed by atoms with E-state index in [9.17, 15) is 9.59 Å². The largest absolute Gasteiger partial charge is 0.497 e. The van der Waals surface area contributed by atoms with Crippen LogP contribution in [0.15, 0.2) is 48.5 Å². The highest BCUT2D eigenvalue weighted by molar-refractivity contribution is 7.99. The molecule has 2 aromatic rings. The van der Waals surface area contributed by atoms with Crippen molar-refractivity contribution in [1.82, 2.24) is 4.90 Å². The molecule has 7 nitrogen and oxygen atoms in total. The van der Waals surface area contributed by atoms with Crippen molar-refractivity contribution < 1.29 is 23.8 Å². The van der Waals surface area contributed by atoms with Crippen molar-refractivity contribution in [2.45, 2.75) is 6.04 Å². The Morgan fingerprint density at radius 2 is 1.97 bits per heavy atom. The topological polar surface area (TPSA) is 77.1 Å². The first-order valence-corrected chi connectivity index (χ1v) is 10.2. The van der Waals surface area contributed by atoms with Crippen molar-refractivity contribution in [2.75, 3.05) is 30.8 Å². The van der Waals surface area contributed by atoms with Gasteiger partial charge in [0.1, 0.15) is 11.8 Å². The van der Waals surface area contributed by atoms with Crippen LogP contribution in [0, 0.1) is 0 Å². The van der Waals surface area contributed by atoms with E-state index < -0.39 is 6.04 Å². The zero-order valence-electron chi connectivity index (χ0n) is 15.8. The van der Waals surface area contributed by atoms with Crippen LogP contribution in [0.25, 0.3) is 6.08 Å². The Bertz CT molecular complexity index is 945. The van der Waals surface area contributed by atoms with E-state index in [-0.39, 0.29) is 18.6 Å². The molecule has 1 saturated heterocycles. The Hall–Kier alpha value is -3.13. The standard InChI is InChI=1S/C21H20N2O5S/c1-26-16-6-4-15(5-7-16)22-21(25)17-11-29-12-23(17)20(24)9-3-14-2-8-18-19(10-14)28-13-27-18/h2-10,17H,11-13H2,1H3,(H,22,25)/b9-3+. The second kappa shape index (κ2) is 8.48. The van der Waals surface area contributed by atoms with Crippen LogP contribution in [-0.2, 0) is 9.59 Å². The van der Waals surface area contributed by atoms with Gasteiger partial charge < -0.3 is 24.4 Å². The van der Waals surface area contributed by atoms with Crippen LogP contribution in [0.4, 0.5) is 5.69 Å². The molecule has 2 heterocycles. The lowest BCUT2D eigenvalue weighted by molar-refractivity contribution is -0.132. The predicted molar refractivity (Wildman–Crippen MR) is 111 cm³/mol. The number of anilines is 1. The van der Waals surface area contributed by atoms with Crippen molar-refractivity contribution >= 4 is 35.3 Å². The van der Waals surface area contributed by atoms with Crippen LogP contribution in [0.3, 0.4) is 0 Å². The monoisotopic (exact) mass is 412 g/mol. The average molecular weight is 412 g/mol. The van der Waals surface area contributed by atoms with Gasteiger partial charge in [-0.15, -0.1) is 11.8 Å². The number of carbonyl (C=O) groups excluding carboxylic acids is 2. The molecule has 2 aliphatic rings. The van der Waals surface area contributed by atoms with Gasteiger partial charge in [-0.2, -0.15) is 0 Å². The highest BCUT2D eigenvalue weighted by atomic mass is 32.2. The SMILES string of the molecule is COc1ccc(NC(=O)C2CSCN2C(=O)/C=C/c2ccc3c(c2)OCO3)cc1. The van der Waals surface area contributed by atoms with Gasteiger partial charge in [-0.3, -0.25) is 9.59 Å². The maximum atomic E-state index is 12.7. The summed E-state index contributed by atoms with van der Waals surface area (Å²) >= 11 is 1.56. The molecule has 29 heavy (non-hydrogen) atoms. The van der Waals surface area contributed by atoms with E-state index in [1.807, 2.05) is 18.2 Å². The summed E-state index contributed by atoms with van der Waals surface area (Å²) in [7, 11) is 1.59. The summed E-state index contributed by atoms with van der Waals surface area (Å²) in [5.41, 5.74) is 1.49. The van der Waals surface area contributed by atoms with E-state index >= 15 is 0 Å². The average Bonchev–Trinajstić information content (AvgIpc) is 3.41. The van der Waals surface area contributed by atoms with Crippen LogP contribution in [-0.4, -0.2) is 48.3 Å². The van der Waals surface area contributed by atoms with E-state index in [2.05, 4.69) is 5.32 Å². The second-order valence-electron chi connectivity index (χ2n) is 6.49. The molecular formula is C21H20N2O5S. The molecule has 1 N–H and O–H groups in total. The molecule has 0 spiro atoms. The fraction of sp³-hybridized carbons (Fsp3) is 0.238. The van der Waals surface area contributed by atoms with Crippen molar-refractivity contribution in [3.8, 4) is 17.2 Å². The smallest absolute Gasteiger partial charge is 0.248 e. The first-order chi connectivity index (χ1) is 14.1. The molecule has 0 radical (unpaired) electrons. The molecule has 8 heteroatoms. The van der Waals surface area contributed by atoms with Gasteiger partial charge in [0.2, 0.25) is 18.6 Å². The molecule has 150 valence electrons. The fourth-order valence-electron chi connectivity index (χ4n) is 3.06.